The molecule has 2 heteroatoms. The minimum absolute atomic E-state index is 0.326. The summed E-state index contributed by atoms with van der Waals surface area (Å²) >= 11 is 0. The third kappa shape index (κ3) is 2.23. The van der Waals surface area contributed by atoms with Gasteiger partial charge in [-0.05, 0) is 24.7 Å². The maximum Gasteiger partial charge on any atom is 0.0754 e. The van der Waals surface area contributed by atoms with Gasteiger partial charge < -0.3 is 10.5 Å². The Morgan fingerprint density at radius 3 is 2.38 bits per heavy atom. The predicted molar refractivity (Wildman–Crippen MR) is 55.7 cm³/mol. The first-order chi connectivity index (χ1) is 6.29. The van der Waals surface area contributed by atoms with Gasteiger partial charge >= 0.3 is 0 Å². The van der Waals surface area contributed by atoms with E-state index < -0.39 is 0 Å². The highest BCUT2D eigenvalue weighted by Gasteiger charge is 2.41. The maximum atomic E-state index is 5.74. The molecule has 1 saturated heterocycles. The van der Waals surface area contributed by atoms with Crippen molar-refractivity contribution in [2.24, 2.45) is 11.1 Å². The van der Waals surface area contributed by atoms with Crippen LogP contribution in [0.2, 0.25) is 0 Å². The first-order valence-electron chi connectivity index (χ1n) is 5.60. The molecule has 0 bridgehead atoms. The summed E-state index contributed by atoms with van der Waals surface area (Å²) in [5.41, 5.74) is 6.16. The number of nitrogens with two attached hydrogens (primary N) is 1. The number of rotatable bonds is 5. The molecule has 1 fully saturated rings. The zero-order chi connectivity index (χ0) is 9.73. The minimum Gasteiger partial charge on any atom is -0.376 e. The van der Waals surface area contributed by atoms with Crippen LogP contribution in [0.15, 0.2) is 0 Å². The third-order valence-electron chi connectivity index (χ3n) is 3.31. The molecule has 13 heavy (non-hydrogen) atoms. The lowest BCUT2D eigenvalue weighted by Crippen LogP contribution is -2.36. The van der Waals surface area contributed by atoms with Crippen molar-refractivity contribution in [1.82, 2.24) is 0 Å². The fraction of sp³-hybridized carbons (Fsp3) is 1.00. The molecule has 2 N–H and O–H groups in total. The van der Waals surface area contributed by atoms with Crippen LogP contribution in [0.25, 0.3) is 0 Å². The molecule has 1 aliphatic rings. The van der Waals surface area contributed by atoms with Gasteiger partial charge in [-0.1, -0.05) is 26.7 Å². The number of hydrogen-bond donors (Lipinski definition) is 1. The minimum atomic E-state index is 0.326. The molecule has 0 aromatic heterocycles. The van der Waals surface area contributed by atoms with Crippen LogP contribution in [0.4, 0.5) is 0 Å². The molecule has 0 radical (unpaired) electrons. The molecule has 1 atom stereocenters. The van der Waals surface area contributed by atoms with Crippen molar-refractivity contribution >= 4 is 0 Å². The average Bonchev–Trinajstić information content (AvgIpc) is 2.49. The maximum absolute atomic E-state index is 5.74. The lowest BCUT2D eigenvalue weighted by atomic mass is 9.74. The van der Waals surface area contributed by atoms with Gasteiger partial charge in [-0.2, -0.15) is 0 Å². The molecule has 0 spiro atoms. The second-order valence-corrected chi connectivity index (χ2v) is 4.21. The van der Waals surface area contributed by atoms with Gasteiger partial charge in [-0.3, -0.25) is 0 Å². The molecular formula is C11H23NO. The summed E-state index contributed by atoms with van der Waals surface area (Å²) in [6, 6.07) is 0. The van der Waals surface area contributed by atoms with Crippen molar-refractivity contribution in [3.05, 3.63) is 0 Å². The molecule has 0 amide bonds. The van der Waals surface area contributed by atoms with E-state index in [1.807, 2.05) is 0 Å². The summed E-state index contributed by atoms with van der Waals surface area (Å²) in [7, 11) is 0. The Morgan fingerprint density at radius 1 is 1.31 bits per heavy atom. The second-order valence-electron chi connectivity index (χ2n) is 4.21. The largest absolute Gasteiger partial charge is 0.376 e. The summed E-state index contributed by atoms with van der Waals surface area (Å²) < 4.78 is 5.70. The van der Waals surface area contributed by atoms with Crippen molar-refractivity contribution in [3.8, 4) is 0 Å². The topological polar surface area (TPSA) is 35.2 Å². The van der Waals surface area contributed by atoms with E-state index in [1.165, 1.54) is 32.1 Å². The van der Waals surface area contributed by atoms with Crippen LogP contribution < -0.4 is 5.73 Å². The highest BCUT2D eigenvalue weighted by molar-refractivity contribution is 4.91. The van der Waals surface area contributed by atoms with E-state index in [0.717, 1.165) is 6.61 Å². The molecule has 1 unspecified atom stereocenters. The zero-order valence-electron chi connectivity index (χ0n) is 9.01. The van der Waals surface area contributed by atoms with E-state index in [4.69, 9.17) is 10.5 Å². The number of hydrogen-bond acceptors (Lipinski definition) is 2. The van der Waals surface area contributed by atoms with E-state index in [9.17, 15) is 0 Å². The molecule has 1 rings (SSSR count). The van der Waals surface area contributed by atoms with Crippen molar-refractivity contribution in [1.29, 1.82) is 0 Å². The Morgan fingerprint density at radius 2 is 1.92 bits per heavy atom. The molecule has 1 aliphatic heterocycles. The molecular weight excluding hydrogens is 162 g/mol. The lowest BCUT2D eigenvalue weighted by Gasteiger charge is -2.33. The second kappa shape index (κ2) is 4.97. The highest BCUT2D eigenvalue weighted by atomic mass is 16.5. The number of ether oxygens (including phenoxy) is 1. The fourth-order valence-electron chi connectivity index (χ4n) is 2.75. The van der Waals surface area contributed by atoms with Crippen LogP contribution in [0.1, 0.15) is 46.0 Å². The molecule has 0 aliphatic carbocycles. The van der Waals surface area contributed by atoms with Gasteiger partial charge in [0.05, 0.1) is 6.10 Å². The van der Waals surface area contributed by atoms with Gasteiger partial charge in [0, 0.05) is 13.2 Å². The monoisotopic (exact) mass is 185 g/mol. The highest BCUT2D eigenvalue weighted by Crippen LogP contribution is 2.42. The summed E-state index contributed by atoms with van der Waals surface area (Å²) in [4.78, 5) is 0. The van der Waals surface area contributed by atoms with Crippen LogP contribution in [-0.4, -0.2) is 19.3 Å². The normalized spacial score (nSPS) is 26.5. The van der Waals surface area contributed by atoms with E-state index in [0.29, 0.717) is 18.1 Å². The summed E-state index contributed by atoms with van der Waals surface area (Å²) in [6.07, 6.45) is 6.61. The fourth-order valence-corrected chi connectivity index (χ4v) is 2.75. The van der Waals surface area contributed by atoms with E-state index >= 15 is 0 Å². The smallest absolute Gasteiger partial charge is 0.0754 e. The van der Waals surface area contributed by atoms with Crippen molar-refractivity contribution < 1.29 is 4.74 Å². The standard InChI is InChI=1S/C11H23NO/c1-3-5-11(6-4-2)7-8-13-10(11)9-12/h10H,3-9,12H2,1-2H3. The van der Waals surface area contributed by atoms with Crippen LogP contribution >= 0.6 is 0 Å². The third-order valence-corrected chi connectivity index (χ3v) is 3.31. The average molecular weight is 185 g/mol. The predicted octanol–water partition coefficient (Wildman–Crippen LogP) is 2.32. The van der Waals surface area contributed by atoms with Gasteiger partial charge in [0.15, 0.2) is 0 Å². The summed E-state index contributed by atoms with van der Waals surface area (Å²) in [6.45, 7) is 6.12. The Bertz CT molecular complexity index is 141. The van der Waals surface area contributed by atoms with Crippen LogP contribution in [-0.2, 0) is 4.74 Å². The van der Waals surface area contributed by atoms with Gasteiger partial charge in [-0.15, -0.1) is 0 Å². The van der Waals surface area contributed by atoms with Gasteiger partial charge in [0.25, 0.3) is 0 Å². The van der Waals surface area contributed by atoms with Crippen LogP contribution in [0.3, 0.4) is 0 Å². The Hall–Kier alpha value is -0.0800. The first kappa shape index (κ1) is 11.0. The van der Waals surface area contributed by atoms with Gasteiger partial charge in [0.2, 0.25) is 0 Å². The molecule has 78 valence electrons. The summed E-state index contributed by atoms with van der Waals surface area (Å²) in [5.74, 6) is 0. The molecule has 0 aromatic rings. The van der Waals surface area contributed by atoms with Crippen molar-refractivity contribution in [3.63, 3.8) is 0 Å². The molecule has 1 heterocycles. The van der Waals surface area contributed by atoms with E-state index in [-0.39, 0.29) is 0 Å². The lowest BCUT2D eigenvalue weighted by molar-refractivity contribution is 0.0451. The quantitative estimate of drug-likeness (QED) is 0.713. The van der Waals surface area contributed by atoms with Crippen molar-refractivity contribution in [2.45, 2.75) is 52.1 Å². The summed E-state index contributed by atoms with van der Waals surface area (Å²) in [5, 5.41) is 0. The Labute approximate surface area is 81.8 Å². The van der Waals surface area contributed by atoms with E-state index in [1.54, 1.807) is 0 Å². The van der Waals surface area contributed by atoms with Gasteiger partial charge in [0.1, 0.15) is 0 Å². The molecule has 0 saturated carbocycles. The first-order valence-corrected chi connectivity index (χ1v) is 5.60. The van der Waals surface area contributed by atoms with Crippen LogP contribution in [0, 0.1) is 5.41 Å². The van der Waals surface area contributed by atoms with Crippen LogP contribution in [0.5, 0.6) is 0 Å². The molecule has 2 nitrogen and oxygen atoms in total. The Kier molecular flexibility index (Phi) is 4.20. The van der Waals surface area contributed by atoms with Crippen molar-refractivity contribution in [2.75, 3.05) is 13.2 Å². The zero-order valence-corrected chi connectivity index (χ0v) is 9.01. The van der Waals surface area contributed by atoms with E-state index in [2.05, 4.69) is 13.8 Å². The SMILES string of the molecule is CCCC1(CCC)CCOC1CN. The molecule has 0 aromatic carbocycles. The Balaban J connectivity index is 2.62. The van der Waals surface area contributed by atoms with Gasteiger partial charge in [-0.25, -0.2) is 0 Å².